The molecule has 0 aromatic carbocycles. The van der Waals surface area contributed by atoms with Crippen molar-refractivity contribution in [3.63, 3.8) is 0 Å². The summed E-state index contributed by atoms with van der Waals surface area (Å²) in [6, 6.07) is 0. The van der Waals surface area contributed by atoms with Crippen molar-refractivity contribution in [2.75, 3.05) is 0 Å². The van der Waals surface area contributed by atoms with E-state index in [4.69, 9.17) is 5.53 Å². The van der Waals surface area contributed by atoms with Gasteiger partial charge in [0.1, 0.15) is 0 Å². The van der Waals surface area contributed by atoms with Crippen LogP contribution < -0.4 is 0 Å². The fraction of sp³-hybridized carbons (Fsp3) is 0.250. The average Bonchev–Trinajstić information content (AvgIpc) is 1.97. The number of hydrogen-bond donors (Lipinski definition) is 1. The van der Waals surface area contributed by atoms with E-state index in [0.717, 1.165) is 6.42 Å². The van der Waals surface area contributed by atoms with Crippen LogP contribution in [-0.4, -0.2) is 0 Å². The van der Waals surface area contributed by atoms with Gasteiger partial charge in [0.05, 0.1) is 0 Å². The first-order valence-corrected chi connectivity index (χ1v) is 3.26. The molecule has 0 aliphatic carbocycles. The highest BCUT2D eigenvalue weighted by atomic mass is 14.9. The summed E-state index contributed by atoms with van der Waals surface area (Å²) >= 11 is 0. The second-order valence-electron chi connectivity index (χ2n) is 1.69. The molecule has 1 N–H and O–H groups in total. The number of nitrogens with zero attached hydrogens (tertiary/aromatic N) is 1. The lowest BCUT2D eigenvalue weighted by atomic mass is 10.4. The Morgan fingerprint density at radius 3 is 2.50 bits per heavy atom. The summed E-state index contributed by atoms with van der Waals surface area (Å²) in [7, 11) is 0. The second-order valence-corrected chi connectivity index (χ2v) is 1.69. The van der Waals surface area contributed by atoms with Crippen LogP contribution in [0.15, 0.2) is 41.7 Å². The van der Waals surface area contributed by atoms with Crippen LogP contribution in [0.2, 0.25) is 0 Å². The van der Waals surface area contributed by atoms with Crippen molar-refractivity contribution in [3.8, 4) is 0 Å². The Morgan fingerprint density at radius 1 is 1.20 bits per heavy atom. The Labute approximate surface area is 61.5 Å². The van der Waals surface area contributed by atoms with E-state index in [2.05, 4.69) is 18.1 Å². The van der Waals surface area contributed by atoms with Crippen molar-refractivity contribution in [3.05, 3.63) is 36.6 Å². The van der Waals surface area contributed by atoms with E-state index in [-0.39, 0.29) is 0 Å². The predicted octanol–water partition coefficient (Wildman–Crippen LogP) is 3.05. The molecule has 0 spiro atoms. The molecule has 0 aliphatic heterocycles. The highest BCUT2D eigenvalue weighted by Crippen LogP contribution is 1.82. The van der Waals surface area contributed by atoms with Crippen LogP contribution in [0.5, 0.6) is 0 Å². The maximum Gasteiger partial charge on any atom is 0.0488 e. The molecular formula is C8H12N2. The normalized spacial score (nSPS) is 12.1. The van der Waals surface area contributed by atoms with Crippen molar-refractivity contribution < 1.29 is 0 Å². The molecule has 10 heavy (non-hydrogen) atoms. The lowest BCUT2D eigenvalue weighted by Crippen LogP contribution is -1.51. The standard InChI is InChI=1S/C8H12N2/c1-2-3-4-5-6-7-8-10-9/h3-9H,2H2,1H3. The summed E-state index contributed by atoms with van der Waals surface area (Å²) in [6.45, 7) is 2.08. The molecule has 0 aromatic heterocycles. The SMILES string of the molecule is CCC=CC=CC=CN=N. The molecular weight excluding hydrogens is 124 g/mol. The highest BCUT2D eigenvalue weighted by Gasteiger charge is 1.61. The Bertz CT molecular complexity index is 155. The van der Waals surface area contributed by atoms with Crippen LogP contribution in [0.3, 0.4) is 0 Å². The Balaban J connectivity index is 3.46. The molecule has 54 valence electrons. The first-order chi connectivity index (χ1) is 4.91. The van der Waals surface area contributed by atoms with Gasteiger partial charge >= 0.3 is 0 Å². The molecule has 2 heteroatoms. The highest BCUT2D eigenvalue weighted by molar-refractivity contribution is 5.10. The molecule has 0 fully saturated rings. The van der Waals surface area contributed by atoms with E-state index >= 15 is 0 Å². The second kappa shape index (κ2) is 7.82. The summed E-state index contributed by atoms with van der Waals surface area (Å²) in [5.41, 5.74) is 6.41. The maximum absolute atomic E-state index is 6.41. The third-order valence-corrected chi connectivity index (χ3v) is 0.866. The van der Waals surface area contributed by atoms with Crippen molar-refractivity contribution in [2.24, 2.45) is 5.11 Å². The van der Waals surface area contributed by atoms with Gasteiger partial charge in [-0.05, 0) is 12.5 Å². The molecule has 0 aromatic rings. The van der Waals surface area contributed by atoms with Crippen LogP contribution in [0.4, 0.5) is 0 Å². The molecule has 0 amide bonds. The van der Waals surface area contributed by atoms with Crippen LogP contribution in [-0.2, 0) is 0 Å². The van der Waals surface area contributed by atoms with Crippen molar-refractivity contribution >= 4 is 0 Å². The van der Waals surface area contributed by atoms with Gasteiger partial charge in [-0.1, -0.05) is 31.2 Å². The third-order valence-electron chi connectivity index (χ3n) is 0.866. The number of rotatable bonds is 4. The van der Waals surface area contributed by atoms with Gasteiger partial charge in [0.2, 0.25) is 0 Å². The summed E-state index contributed by atoms with van der Waals surface area (Å²) < 4.78 is 0. The quantitative estimate of drug-likeness (QED) is 0.455. The Hall–Kier alpha value is -1.18. The summed E-state index contributed by atoms with van der Waals surface area (Å²) in [4.78, 5) is 0. The average molecular weight is 136 g/mol. The number of nitrogens with one attached hydrogen (secondary N) is 1. The molecule has 2 nitrogen and oxygen atoms in total. The summed E-state index contributed by atoms with van der Waals surface area (Å²) in [5, 5.41) is 3.05. The van der Waals surface area contributed by atoms with Crippen molar-refractivity contribution in [2.45, 2.75) is 13.3 Å². The Morgan fingerprint density at radius 2 is 1.90 bits per heavy atom. The zero-order valence-corrected chi connectivity index (χ0v) is 6.12. The molecule has 0 heterocycles. The molecule has 0 radical (unpaired) electrons. The smallest absolute Gasteiger partial charge is 0.0488 e. The van der Waals surface area contributed by atoms with Crippen molar-refractivity contribution in [1.82, 2.24) is 0 Å². The van der Waals surface area contributed by atoms with Gasteiger partial charge in [-0.15, -0.1) is 0 Å². The Kier molecular flexibility index (Phi) is 6.90. The van der Waals surface area contributed by atoms with Gasteiger partial charge in [0.25, 0.3) is 0 Å². The first-order valence-electron chi connectivity index (χ1n) is 3.26. The zero-order chi connectivity index (χ0) is 7.66. The summed E-state index contributed by atoms with van der Waals surface area (Å²) in [5.74, 6) is 0. The molecule has 0 bridgehead atoms. The van der Waals surface area contributed by atoms with Crippen LogP contribution in [0.25, 0.3) is 0 Å². The van der Waals surface area contributed by atoms with E-state index in [0.29, 0.717) is 0 Å². The van der Waals surface area contributed by atoms with E-state index in [9.17, 15) is 0 Å². The van der Waals surface area contributed by atoms with Gasteiger partial charge < -0.3 is 0 Å². The summed E-state index contributed by atoms with van der Waals surface area (Å²) in [6.07, 6.45) is 12.0. The van der Waals surface area contributed by atoms with Gasteiger partial charge in [0.15, 0.2) is 0 Å². The van der Waals surface area contributed by atoms with Crippen LogP contribution in [0.1, 0.15) is 13.3 Å². The monoisotopic (exact) mass is 136 g/mol. The van der Waals surface area contributed by atoms with Gasteiger partial charge in [-0.25, -0.2) is 5.53 Å². The van der Waals surface area contributed by atoms with Crippen LogP contribution >= 0.6 is 0 Å². The first kappa shape index (κ1) is 8.82. The van der Waals surface area contributed by atoms with Gasteiger partial charge in [0, 0.05) is 6.20 Å². The zero-order valence-electron chi connectivity index (χ0n) is 6.12. The van der Waals surface area contributed by atoms with Gasteiger partial charge in [-0.3, -0.25) is 0 Å². The van der Waals surface area contributed by atoms with E-state index in [1.807, 2.05) is 18.2 Å². The largest absolute Gasteiger partial charge is 0.205 e. The lowest BCUT2D eigenvalue weighted by Gasteiger charge is -1.72. The molecule has 0 saturated heterocycles. The molecule has 0 aliphatic rings. The van der Waals surface area contributed by atoms with Gasteiger partial charge in [-0.2, -0.15) is 5.11 Å². The molecule has 0 atom stereocenters. The predicted molar refractivity (Wildman–Crippen MR) is 42.9 cm³/mol. The number of allylic oxidation sites excluding steroid dienone is 5. The molecule has 0 saturated carbocycles. The van der Waals surface area contributed by atoms with E-state index in [1.165, 1.54) is 6.20 Å². The van der Waals surface area contributed by atoms with Crippen molar-refractivity contribution in [1.29, 1.82) is 5.53 Å². The molecule has 0 unspecified atom stereocenters. The number of hydrogen-bond acceptors (Lipinski definition) is 2. The third kappa shape index (κ3) is 6.82. The lowest BCUT2D eigenvalue weighted by molar-refractivity contribution is 1.14. The minimum Gasteiger partial charge on any atom is -0.205 e. The topological polar surface area (TPSA) is 36.2 Å². The maximum atomic E-state index is 6.41. The van der Waals surface area contributed by atoms with E-state index < -0.39 is 0 Å². The fourth-order valence-corrected chi connectivity index (χ4v) is 0.436. The minimum absolute atomic E-state index is 1.05. The van der Waals surface area contributed by atoms with E-state index in [1.54, 1.807) is 6.08 Å². The minimum atomic E-state index is 1.05. The molecule has 0 rings (SSSR count). The van der Waals surface area contributed by atoms with Crippen LogP contribution in [0, 0.1) is 5.53 Å². The fourth-order valence-electron chi connectivity index (χ4n) is 0.436.